The van der Waals surface area contributed by atoms with Gasteiger partial charge in [0.05, 0.1) is 18.8 Å². The minimum absolute atomic E-state index is 0.0214. The van der Waals surface area contributed by atoms with Crippen LogP contribution in [0.3, 0.4) is 0 Å². The van der Waals surface area contributed by atoms with Gasteiger partial charge in [-0.3, -0.25) is 0 Å². The molecule has 0 aromatic rings. The van der Waals surface area contributed by atoms with E-state index in [1.807, 2.05) is 0 Å². The van der Waals surface area contributed by atoms with E-state index in [1.165, 1.54) is 0 Å². The minimum atomic E-state index is -0.0214. The lowest BCUT2D eigenvalue weighted by molar-refractivity contribution is -0.164. The summed E-state index contributed by atoms with van der Waals surface area (Å²) in [6.45, 7) is 14.5. The molecule has 2 fully saturated rings. The van der Waals surface area contributed by atoms with E-state index < -0.39 is 0 Å². The molecule has 0 aliphatic carbocycles. The number of hydrogen-bond donors (Lipinski definition) is 0. The van der Waals surface area contributed by atoms with Gasteiger partial charge < -0.3 is 9.47 Å². The van der Waals surface area contributed by atoms with Crippen molar-refractivity contribution in [1.82, 2.24) is 0 Å². The SMILES string of the molecule is CC(C)[C@@H]1[C@@H]2OC[C@@]1([C@@H](C)C(C)C)O[C@H]2C. The van der Waals surface area contributed by atoms with E-state index in [0.717, 1.165) is 6.61 Å². The van der Waals surface area contributed by atoms with Gasteiger partial charge in [-0.1, -0.05) is 34.6 Å². The largest absolute Gasteiger partial charge is 0.372 e. The van der Waals surface area contributed by atoms with Crippen molar-refractivity contribution in [2.24, 2.45) is 23.7 Å². The van der Waals surface area contributed by atoms with E-state index in [1.54, 1.807) is 0 Å². The number of fused-ring (bicyclic) bond motifs is 2. The lowest BCUT2D eigenvalue weighted by atomic mass is 9.70. The maximum atomic E-state index is 6.32. The second kappa shape index (κ2) is 3.99. The molecule has 2 bridgehead atoms. The fraction of sp³-hybridized carbons (Fsp3) is 1.00. The zero-order valence-electron chi connectivity index (χ0n) is 11.5. The number of ether oxygens (including phenoxy) is 2. The molecular weight excluding hydrogens is 200 g/mol. The Morgan fingerprint density at radius 3 is 2.19 bits per heavy atom. The average molecular weight is 226 g/mol. The summed E-state index contributed by atoms with van der Waals surface area (Å²) in [6.07, 6.45) is 0.587. The molecule has 0 amide bonds. The van der Waals surface area contributed by atoms with Gasteiger partial charge in [0.15, 0.2) is 0 Å². The Morgan fingerprint density at radius 1 is 1.12 bits per heavy atom. The summed E-state index contributed by atoms with van der Waals surface area (Å²) in [5.41, 5.74) is -0.0214. The van der Waals surface area contributed by atoms with Gasteiger partial charge in [0.1, 0.15) is 5.60 Å². The Kier molecular flexibility index (Phi) is 3.09. The molecule has 2 saturated heterocycles. The van der Waals surface area contributed by atoms with Gasteiger partial charge in [-0.15, -0.1) is 0 Å². The molecular formula is C14H26O2. The summed E-state index contributed by atoms with van der Waals surface area (Å²) in [5.74, 6) is 2.42. The van der Waals surface area contributed by atoms with Crippen LogP contribution in [-0.2, 0) is 9.47 Å². The normalized spacial score (nSPS) is 44.6. The van der Waals surface area contributed by atoms with Crippen LogP contribution in [0, 0.1) is 23.7 Å². The molecule has 2 aliphatic heterocycles. The van der Waals surface area contributed by atoms with Crippen LogP contribution in [0.4, 0.5) is 0 Å². The molecule has 16 heavy (non-hydrogen) atoms. The molecule has 2 nitrogen and oxygen atoms in total. The Labute approximate surface area is 99.7 Å². The summed E-state index contributed by atoms with van der Waals surface area (Å²) in [4.78, 5) is 0. The molecule has 94 valence electrons. The molecule has 0 spiro atoms. The number of rotatable bonds is 3. The molecule has 0 saturated carbocycles. The fourth-order valence-electron chi connectivity index (χ4n) is 3.71. The van der Waals surface area contributed by atoms with Crippen LogP contribution in [0.5, 0.6) is 0 Å². The van der Waals surface area contributed by atoms with E-state index in [9.17, 15) is 0 Å². The first-order chi connectivity index (χ1) is 7.40. The minimum Gasteiger partial charge on any atom is -0.372 e. The smallest absolute Gasteiger partial charge is 0.100 e. The van der Waals surface area contributed by atoms with Crippen molar-refractivity contribution in [3.8, 4) is 0 Å². The zero-order valence-corrected chi connectivity index (χ0v) is 11.5. The third-order valence-corrected chi connectivity index (χ3v) is 4.78. The predicted molar refractivity (Wildman–Crippen MR) is 65.3 cm³/mol. The summed E-state index contributed by atoms with van der Waals surface area (Å²) in [5, 5.41) is 0. The molecule has 0 aromatic carbocycles. The van der Waals surface area contributed by atoms with E-state index in [0.29, 0.717) is 29.8 Å². The van der Waals surface area contributed by atoms with Crippen LogP contribution < -0.4 is 0 Å². The first kappa shape index (κ1) is 12.4. The lowest BCUT2D eigenvalue weighted by Crippen LogP contribution is -2.47. The van der Waals surface area contributed by atoms with Crippen LogP contribution >= 0.6 is 0 Å². The predicted octanol–water partition coefficient (Wildman–Crippen LogP) is 3.11. The molecule has 2 rings (SSSR count). The van der Waals surface area contributed by atoms with Crippen molar-refractivity contribution in [3.63, 3.8) is 0 Å². The summed E-state index contributed by atoms with van der Waals surface area (Å²) < 4.78 is 12.3. The highest BCUT2D eigenvalue weighted by Crippen LogP contribution is 2.53. The first-order valence-corrected chi connectivity index (χ1v) is 6.69. The average Bonchev–Trinajstić information content (AvgIpc) is 2.69. The molecule has 2 heteroatoms. The second-order valence-electron chi connectivity index (χ2n) is 6.36. The molecule has 0 aromatic heterocycles. The molecule has 0 radical (unpaired) electrons. The third-order valence-electron chi connectivity index (χ3n) is 4.78. The van der Waals surface area contributed by atoms with Crippen LogP contribution in [0.15, 0.2) is 0 Å². The molecule has 5 atom stereocenters. The van der Waals surface area contributed by atoms with Crippen molar-refractivity contribution in [3.05, 3.63) is 0 Å². The van der Waals surface area contributed by atoms with E-state index >= 15 is 0 Å². The standard InChI is InChI=1S/C14H26O2/c1-8(2)10(5)14-7-15-13(11(6)16-14)12(14)9(3)4/h8-13H,7H2,1-6H3/t10-,11-,12+,13+,14-/m0/s1. The highest BCUT2D eigenvalue weighted by molar-refractivity contribution is 5.09. The van der Waals surface area contributed by atoms with Crippen molar-refractivity contribution in [2.45, 2.75) is 59.4 Å². The van der Waals surface area contributed by atoms with Gasteiger partial charge in [-0.25, -0.2) is 0 Å². The van der Waals surface area contributed by atoms with Gasteiger partial charge in [-0.2, -0.15) is 0 Å². The van der Waals surface area contributed by atoms with Crippen LogP contribution in [-0.4, -0.2) is 24.4 Å². The monoisotopic (exact) mass is 226 g/mol. The summed E-state index contributed by atoms with van der Waals surface area (Å²) in [7, 11) is 0. The Bertz CT molecular complexity index is 261. The molecule has 0 N–H and O–H groups in total. The fourth-order valence-corrected chi connectivity index (χ4v) is 3.71. The molecule has 2 aliphatic rings. The van der Waals surface area contributed by atoms with Crippen LogP contribution in [0.2, 0.25) is 0 Å². The highest BCUT2D eigenvalue weighted by Gasteiger charge is 2.62. The third kappa shape index (κ3) is 1.53. The Balaban J connectivity index is 2.31. The first-order valence-electron chi connectivity index (χ1n) is 6.69. The van der Waals surface area contributed by atoms with E-state index in [-0.39, 0.29) is 11.7 Å². The highest BCUT2D eigenvalue weighted by atomic mass is 16.6. The van der Waals surface area contributed by atoms with Crippen molar-refractivity contribution < 1.29 is 9.47 Å². The molecule has 2 heterocycles. The Morgan fingerprint density at radius 2 is 1.75 bits per heavy atom. The zero-order chi connectivity index (χ0) is 12.1. The topological polar surface area (TPSA) is 18.5 Å². The van der Waals surface area contributed by atoms with E-state index in [4.69, 9.17) is 9.47 Å². The van der Waals surface area contributed by atoms with Gasteiger partial charge in [0.25, 0.3) is 0 Å². The van der Waals surface area contributed by atoms with Crippen LogP contribution in [0.25, 0.3) is 0 Å². The van der Waals surface area contributed by atoms with Gasteiger partial charge >= 0.3 is 0 Å². The van der Waals surface area contributed by atoms with Crippen molar-refractivity contribution in [2.75, 3.05) is 6.61 Å². The quantitative estimate of drug-likeness (QED) is 0.736. The van der Waals surface area contributed by atoms with Gasteiger partial charge in [-0.05, 0) is 24.7 Å². The molecule has 0 unspecified atom stereocenters. The summed E-state index contributed by atoms with van der Waals surface area (Å²) in [6, 6.07) is 0. The summed E-state index contributed by atoms with van der Waals surface area (Å²) >= 11 is 0. The Hall–Kier alpha value is -0.0800. The van der Waals surface area contributed by atoms with Gasteiger partial charge in [0.2, 0.25) is 0 Å². The lowest BCUT2D eigenvalue weighted by Gasteiger charge is -2.40. The maximum Gasteiger partial charge on any atom is 0.100 e. The van der Waals surface area contributed by atoms with Gasteiger partial charge in [0, 0.05) is 5.92 Å². The van der Waals surface area contributed by atoms with Crippen LogP contribution in [0.1, 0.15) is 41.5 Å². The number of hydrogen-bond acceptors (Lipinski definition) is 2. The van der Waals surface area contributed by atoms with E-state index in [2.05, 4.69) is 41.5 Å². The van der Waals surface area contributed by atoms with Crippen molar-refractivity contribution in [1.29, 1.82) is 0 Å². The van der Waals surface area contributed by atoms with Crippen molar-refractivity contribution >= 4 is 0 Å². The second-order valence-corrected chi connectivity index (χ2v) is 6.36. The maximum absolute atomic E-state index is 6.32.